The Bertz CT molecular complexity index is 1290. The largest absolute Gasteiger partial charge is 0.497 e. The van der Waals surface area contributed by atoms with Gasteiger partial charge in [-0.05, 0) is 61.6 Å². The normalized spacial score (nSPS) is 19.1. The van der Waals surface area contributed by atoms with Crippen molar-refractivity contribution in [3.8, 4) is 17.2 Å². The first-order valence-electron chi connectivity index (χ1n) is 12.2. The number of esters is 2. The molecule has 0 unspecified atom stereocenters. The quantitative estimate of drug-likeness (QED) is 0.432. The van der Waals surface area contributed by atoms with Crippen molar-refractivity contribution < 1.29 is 33.3 Å². The lowest BCUT2D eigenvalue weighted by Crippen LogP contribution is -2.36. The standard InChI is InChI=1S/C29H31NO7/c1-6-36-25-15-19(9-12-24(25)37-17(3)31)27-26(29(33)35-5)16(2)30-22-13-20(14-23(32)28(22)27)18-7-10-21(34-4)11-8-18/h7-12,15,20,27,30H,6,13-14H2,1-5H3/t20-,27+/m1/s1. The number of Topliss-reactive ketones (excluding diaryl/α,β-unsaturated/α-hetero) is 1. The van der Waals surface area contributed by atoms with E-state index in [0.29, 0.717) is 47.6 Å². The van der Waals surface area contributed by atoms with Crippen LogP contribution in [0.3, 0.4) is 0 Å². The highest BCUT2D eigenvalue weighted by atomic mass is 16.6. The monoisotopic (exact) mass is 505 g/mol. The maximum absolute atomic E-state index is 13.7. The number of dihydropyridines is 1. The highest BCUT2D eigenvalue weighted by molar-refractivity contribution is 6.04. The Hall–Kier alpha value is -4.07. The first-order chi connectivity index (χ1) is 17.8. The van der Waals surface area contributed by atoms with E-state index in [2.05, 4.69) is 5.32 Å². The molecular formula is C29H31NO7. The fraction of sp³-hybridized carbons (Fsp3) is 0.345. The Morgan fingerprint density at radius 2 is 1.70 bits per heavy atom. The molecule has 0 radical (unpaired) electrons. The molecule has 0 fully saturated rings. The van der Waals surface area contributed by atoms with Crippen LogP contribution in [0.4, 0.5) is 0 Å². The molecule has 1 aliphatic heterocycles. The molecule has 2 aliphatic rings. The van der Waals surface area contributed by atoms with E-state index in [1.165, 1.54) is 14.0 Å². The highest BCUT2D eigenvalue weighted by Crippen LogP contribution is 2.47. The van der Waals surface area contributed by atoms with Gasteiger partial charge in [0.15, 0.2) is 17.3 Å². The van der Waals surface area contributed by atoms with Crippen molar-refractivity contribution in [1.29, 1.82) is 0 Å². The summed E-state index contributed by atoms with van der Waals surface area (Å²) in [7, 11) is 2.94. The summed E-state index contributed by atoms with van der Waals surface area (Å²) < 4.78 is 21.4. The van der Waals surface area contributed by atoms with E-state index in [1.807, 2.05) is 31.2 Å². The smallest absolute Gasteiger partial charge is 0.336 e. The summed E-state index contributed by atoms with van der Waals surface area (Å²) >= 11 is 0. The van der Waals surface area contributed by atoms with E-state index in [-0.39, 0.29) is 17.5 Å². The number of nitrogens with one attached hydrogen (secondary N) is 1. The van der Waals surface area contributed by atoms with Crippen molar-refractivity contribution >= 4 is 17.7 Å². The van der Waals surface area contributed by atoms with Crippen molar-refractivity contribution in [3.05, 3.63) is 76.1 Å². The number of hydrogen-bond acceptors (Lipinski definition) is 8. The summed E-state index contributed by atoms with van der Waals surface area (Å²) in [5.74, 6) is -0.317. The SMILES string of the molecule is CCOc1cc([C@H]2C(C(=O)OC)=C(C)NC3=C2C(=O)C[C@H](c2ccc(OC)cc2)C3)ccc1OC(C)=O. The Morgan fingerprint density at radius 3 is 2.32 bits per heavy atom. The predicted molar refractivity (Wildman–Crippen MR) is 137 cm³/mol. The molecule has 1 heterocycles. The van der Waals surface area contributed by atoms with E-state index < -0.39 is 17.9 Å². The molecule has 0 amide bonds. The maximum atomic E-state index is 13.7. The van der Waals surface area contributed by atoms with E-state index in [0.717, 1.165) is 17.0 Å². The van der Waals surface area contributed by atoms with Crippen LogP contribution in [0.1, 0.15) is 56.6 Å². The summed E-state index contributed by atoms with van der Waals surface area (Å²) in [6.07, 6.45) is 0.917. The molecule has 1 aliphatic carbocycles. The van der Waals surface area contributed by atoms with E-state index in [1.54, 1.807) is 32.2 Å². The number of rotatable bonds is 7. The molecule has 4 rings (SSSR count). The predicted octanol–water partition coefficient (Wildman–Crippen LogP) is 4.55. The summed E-state index contributed by atoms with van der Waals surface area (Å²) in [6, 6.07) is 12.8. The number of ketones is 1. The number of benzene rings is 2. The average molecular weight is 506 g/mol. The van der Waals surface area contributed by atoms with Gasteiger partial charge in [-0.25, -0.2) is 4.79 Å². The minimum Gasteiger partial charge on any atom is -0.497 e. The van der Waals surface area contributed by atoms with Gasteiger partial charge < -0.3 is 24.3 Å². The fourth-order valence-corrected chi connectivity index (χ4v) is 5.08. The van der Waals surface area contributed by atoms with Crippen molar-refractivity contribution in [3.63, 3.8) is 0 Å². The molecule has 0 spiro atoms. The van der Waals surface area contributed by atoms with E-state index in [4.69, 9.17) is 18.9 Å². The second-order valence-corrected chi connectivity index (χ2v) is 9.01. The second kappa shape index (κ2) is 10.9. The number of carbonyl (C=O) groups is 3. The lowest BCUT2D eigenvalue weighted by Gasteiger charge is -2.36. The zero-order valence-corrected chi connectivity index (χ0v) is 21.7. The minimum atomic E-state index is -0.654. The number of ether oxygens (including phenoxy) is 4. The third kappa shape index (κ3) is 5.23. The molecule has 0 saturated carbocycles. The first-order valence-corrected chi connectivity index (χ1v) is 12.2. The van der Waals surface area contributed by atoms with Gasteiger partial charge in [-0.15, -0.1) is 0 Å². The van der Waals surface area contributed by atoms with Crippen molar-refractivity contribution in [2.24, 2.45) is 0 Å². The maximum Gasteiger partial charge on any atom is 0.336 e. The van der Waals surface area contributed by atoms with Crippen LogP contribution in [0, 0.1) is 0 Å². The molecule has 194 valence electrons. The minimum absolute atomic E-state index is 0.0110. The van der Waals surface area contributed by atoms with E-state index >= 15 is 0 Å². The van der Waals surface area contributed by atoms with Gasteiger partial charge in [-0.2, -0.15) is 0 Å². The van der Waals surface area contributed by atoms with Crippen LogP contribution >= 0.6 is 0 Å². The Morgan fingerprint density at radius 1 is 1.00 bits per heavy atom. The van der Waals surface area contributed by atoms with Gasteiger partial charge in [0.1, 0.15) is 5.75 Å². The van der Waals surface area contributed by atoms with Crippen molar-refractivity contribution in [1.82, 2.24) is 5.32 Å². The van der Waals surface area contributed by atoms with Crippen LogP contribution in [0.2, 0.25) is 0 Å². The zero-order valence-electron chi connectivity index (χ0n) is 21.7. The van der Waals surface area contributed by atoms with Crippen molar-refractivity contribution in [2.45, 2.75) is 45.4 Å². The Balaban J connectivity index is 1.80. The molecule has 0 bridgehead atoms. The van der Waals surface area contributed by atoms with Gasteiger partial charge in [0.05, 0.1) is 26.4 Å². The third-order valence-electron chi connectivity index (χ3n) is 6.67. The molecular weight excluding hydrogens is 474 g/mol. The van der Waals surface area contributed by atoms with Gasteiger partial charge in [0.2, 0.25) is 0 Å². The van der Waals surface area contributed by atoms with Crippen LogP contribution in [-0.4, -0.2) is 38.5 Å². The van der Waals surface area contributed by atoms with Crippen LogP contribution in [-0.2, 0) is 19.1 Å². The fourth-order valence-electron chi connectivity index (χ4n) is 5.08. The van der Waals surface area contributed by atoms with Gasteiger partial charge in [0.25, 0.3) is 0 Å². The number of hydrogen-bond donors (Lipinski definition) is 1. The third-order valence-corrected chi connectivity index (χ3v) is 6.67. The van der Waals surface area contributed by atoms with Gasteiger partial charge in [-0.1, -0.05) is 18.2 Å². The summed E-state index contributed by atoms with van der Waals surface area (Å²) in [4.78, 5) is 38.2. The molecule has 8 nitrogen and oxygen atoms in total. The molecule has 2 aromatic rings. The van der Waals surface area contributed by atoms with Crippen LogP contribution in [0.5, 0.6) is 17.2 Å². The van der Waals surface area contributed by atoms with Gasteiger partial charge >= 0.3 is 11.9 Å². The van der Waals surface area contributed by atoms with Gasteiger partial charge in [-0.3, -0.25) is 9.59 Å². The molecule has 0 saturated heterocycles. The second-order valence-electron chi connectivity index (χ2n) is 9.01. The molecule has 37 heavy (non-hydrogen) atoms. The molecule has 2 aromatic carbocycles. The zero-order chi connectivity index (χ0) is 26.7. The Labute approximate surface area is 216 Å². The average Bonchev–Trinajstić information content (AvgIpc) is 2.88. The summed E-state index contributed by atoms with van der Waals surface area (Å²) in [5.41, 5.74) is 4.03. The Kier molecular flexibility index (Phi) is 7.66. The van der Waals surface area contributed by atoms with Gasteiger partial charge in [0, 0.05) is 36.2 Å². The lowest BCUT2D eigenvalue weighted by molar-refractivity contribution is -0.136. The number of allylic oxidation sites excluding steroid dienone is 3. The van der Waals surface area contributed by atoms with Crippen LogP contribution in [0.15, 0.2) is 65.0 Å². The molecule has 2 atom stereocenters. The molecule has 8 heteroatoms. The summed E-state index contributed by atoms with van der Waals surface area (Å²) in [5, 5.41) is 3.33. The number of methoxy groups -OCH3 is 2. The van der Waals surface area contributed by atoms with Crippen LogP contribution in [0.25, 0.3) is 0 Å². The topological polar surface area (TPSA) is 100 Å². The molecule has 1 N–H and O–H groups in total. The highest BCUT2D eigenvalue weighted by Gasteiger charge is 2.41. The summed E-state index contributed by atoms with van der Waals surface area (Å²) in [6.45, 7) is 5.29. The molecule has 0 aromatic heterocycles. The van der Waals surface area contributed by atoms with Crippen molar-refractivity contribution in [2.75, 3.05) is 20.8 Å². The van der Waals surface area contributed by atoms with Crippen LogP contribution < -0.4 is 19.5 Å². The number of carbonyl (C=O) groups excluding carboxylic acids is 3. The first kappa shape index (κ1) is 26.0. The lowest BCUT2D eigenvalue weighted by atomic mass is 9.71. The van der Waals surface area contributed by atoms with E-state index in [9.17, 15) is 14.4 Å².